The van der Waals surface area contributed by atoms with Crippen molar-refractivity contribution >= 4 is 36.4 Å². The molecule has 0 unspecified atom stereocenters. The Bertz CT molecular complexity index is 566. The average Bonchev–Trinajstić information content (AvgIpc) is 2.58. The van der Waals surface area contributed by atoms with Crippen molar-refractivity contribution in [3.05, 3.63) is 64.7 Å². The molecule has 0 spiro atoms. The van der Waals surface area contributed by atoms with Gasteiger partial charge in [-0.15, -0.1) is 24.8 Å². The standard InChI is InChI=1S/C18H23ClN2O2.2ClH/c19-17-5-1-16(2-6-17)14-23-18-7-3-15(4-8-18)13-21-10-9-20-11-12-22;;/h1-8,20-22H,9-14H2;2*1H. The van der Waals surface area contributed by atoms with Crippen LogP contribution in [0.5, 0.6) is 5.75 Å². The first-order chi connectivity index (χ1) is 11.3. The number of benzene rings is 2. The molecular formula is C18H25Cl3N2O2. The summed E-state index contributed by atoms with van der Waals surface area (Å²) in [4.78, 5) is 0. The van der Waals surface area contributed by atoms with Crippen LogP contribution in [0.25, 0.3) is 0 Å². The van der Waals surface area contributed by atoms with Crippen molar-refractivity contribution in [1.82, 2.24) is 10.6 Å². The molecule has 0 fully saturated rings. The quantitative estimate of drug-likeness (QED) is 0.528. The molecule has 2 rings (SSSR count). The number of hydrogen-bond acceptors (Lipinski definition) is 4. The Morgan fingerprint density at radius 1 is 0.800 bits per heavy atom. The van der Waals surface area contributed by atoms with Crippen LogP contribution in [0.4, 0.5) is 0 Å². The van der Waals surface area contributed by atoms with Gasteiger partial charge in [-0.1, -0.05) is 35.9 Å². The van der Waals surface area contributed by atoms with E-state index in [0.29, 0.717) is 13.2 Å². The van der Waals surface area contributed by atoms with E-state index in [4.69, 9.17) is 21.4 Å². The van der Waals surface area contributed by atoms with Crippen LogP contribution in [-0.2, 0) is 13.2 Å². The summed E-state index contributed by atoms with van der Waals surface area (Å²) in [5.41, 5.74) is 2.31. The second kappa shape index (κ2) is 14.2. The fraction of sp³-hybridized carbons (Fsp3) is 0.333. The Labute approximate surface area is 166 Å². The van der Waals surface area contributed by atoms with E-state index < -0.39 is 0 Å². The Kier molecular flexibility index (Phi) is 13.6. The summed E-state index contributed by atoms with van der Waals surface area (Å²) in [6.07, 6.45) is 0. The molecule has 0 aliphatic heterocycles. The predicted molar refractivity (Wildman–Crippen MR) is 108 cm³/mol. The van der Waals surface area contributed by atoms with E-state index in [1.54, 1.807) is 0 Å². The first-order valence-corrected chi connectivity index (χ1v) is 8.14. The first-order valence-electron chi connectivity index (χ1n) is 7.76. The van der Waals surface area contributed by atoms with E-state index in [0.717, 1.165) is 36.0 Å². The topological polar surface area (TPSA) is 53.5 Å². The van der Waals surface area contributed by atoms with Gasteiger partial charge in [0.15, 0.2) is 0 Å². The van der Waals surface area contributed by atoms with Crippen LogP contribution < -0.4 is 15.4 Å². The van der Waals surface area contributed by atoms with Crippen LogP contribution in [0.3, 0.4) is 0 Å². The summed E-state index contributed by atoms with van der Waals surface area (Å²) < 4.78 is 5.76. The molecule has 140 valence electrons. The molecule has 3 N–H and O–H groups in total. The summed E-state index contributed by atoms with van der Waals surface area (Å²) in [5, 5.41) is 15.9. The van der Waals surface area contributed by atoms with Gasteiger partial charge < -0.3 is 20.5 Å². The third kappa shape index (κ3) is 9.90. The molecule has 0 aromatic heterocycles. The molecule has 0 heterocycles. The highest BCUT2D eigenvalue weighted by molar-refractivity contribution is 6.30. The molecule has 2 aromatic rings. The third-order valence-electron chi connectivity index (χ3n) is 3.34. The Balaban J connectivity index is 0.00000288. The number of nitrogens with one attached hydrogen (secondary N) is 2. The van der Waals surface area contributed by atoms with Crippen molar-refractivity contribution in [2.24, 2.45) is 0 Å². The molecule has 0 saturated carbocycles. The van der Waals surface area contributed by atoms with Crippen LogP contribution in [0.15, 0.2) is 48.5 Å². The summed E-state index contributed by atoms with van der Waals surface area (Å²) in [6.45, 7) is 3.89. The van der Waals surface area contributed by atoms with Gasteiger partial charge in [0, 0.05) is 31.2 Å². The predicted octanol–water partition coefficient (Wildman–Crippen LogP) is 3.43. The van der Waals surface area contributed by atoms with E-state index in [2.05, 4.69) is 22.8 Å². The number of ether oxygens (including phenoxy) is 1. The number of halogens is 3. The normalized spacial score (nSPS) is 9.84. The Hall–Kier alpha value is -1.01. The molecule has 0 saturated heterocycles. The van der Waals surface area contributed by atoms with Crippen LogP contribution in [-0.4, -0.2) is 31.3 Å². The molecule has 4 nitrogen and oxygen atoms in total. The van der Waals surface area contributed by atoms with Crippen LogP contribution in [0.1, 0.15) is 11.1 Å². The lowest BCUT2D eigenvalue weighted by Crippen LogP contribution is -2.28. The van der Waals surface area contributed by atoms with Crippen LogP contribution in [0, 0.1) is 0 Å². The SMILES string of the molecule is Cl.Cl.OCCNCCNCc1ccc(OCc2ccc(Cl)cc2)cc1. The molecule has 0 aliphatic carbocycles. The molecule has 0 amide bonds. The van der Waals surface area contributed by atoms with Crippen molar-refractivity contribution in [2.45, 2.75) is 13.2 Å². The van der Waals surface area contributed by atoms with E-state index in [-0.39, 0.29) is 31.4 Å². The van der Waals surface area contributed by atoms with E-state index in [1.807, 2.05) is 36.4 Å². The zero-order valence-corrected chi connectivity index (χ0v) is 16.3. The van der Waals surface area contributed by atoms with Gasteiger partial charge >= 0.3 is 0 Å². The molecule has 25 heavy (non-hydrogen) atoms. The van der Waals surface area contributed by atoms with Crippen molar-refractivity contribution in [2.75, 3.05) is 26.2 Å². The second-order valence-electron chi connectivity index (χ2n) is 5.21. The molecule has 0 aliphatic rings. The number of aliphatic hydroxyl groups excluding tert-OH is 1. The molecule has 7 heteroatoms. The van der Waals surface area contributed by atoms with Gasteiger partial charge in [-0.3, -0.25) is 0 Å². The summed E-state index contributed by atoms with van der Waals surface area (Å²) in [5.74, 6) is 0.855. The van der Waals surface area contributed by atoms with E-state index in [1.165, 1.54) is 5.56 Å². The minimum Gasteiger partial charge on any atom is -0.489 e. The lowest BCUT2D eigenvalue weighted by atomic mass is 10.2. The van der Waals surface area contributed by atoms with Gasteiger partial charge in [-0.05, 0) is 35.4 Å². The van der Waals surface area contributed by atoms with Gasteiger partial charge in [0.05, 0.1) is 6.61 Å². The highest BCUT2D eigenvalue weighted by Gasteiger charge is 1.98. The minimum absolute atomic E-state index is 0. The van der Waals surface area contributed by atoms with Gasteiger partial charge in [0.2, 0.25) is 0 Å². The van der Waals surface area contributed by atoms with Gasteiger partial charge in [-0.25, -0.2) is 0 Å². The summed E-state index contributed by atoms with van der Waals surface area (Å²) in [6, 6.07) is 15.7. The van der Waals surface area contributed by atoms with E-state index in [9.17, 15) is 0 Å². The highest BCUT2D eigenvalue weighted by atomic mass is 35.5. The zero-order valence-electron chi connectivity index (χ0n) is 13.9. The van der Waals surface area contributed by atoms with E-state index >= 15 is 0 Å². The Morgan fingerprint density at radius 2 is 1.40 bits per heavy atom. The maximum Gasteiger partial charge on any atom is 0.119 e. The average molecular weight is 408 g/mol. The fourth-order valence-corrected chi connectivity index (χ4v) is 2.19. The molecule has 0 atom stereocenters. The van der Waals surface area contributed by atoms with Gasteiger partial charge in [0.25, 0.3) is 0 Å². The third-order valence-corrected chi connectivity index (χ3v) is 3.59. The number of aliphatic hydroxyl groups is 1. The largest absolute Gasteiger partial charge is 0.489 e. The number of hydrogen-bond donors (Lipinski definition) is 3. The number of rotatable bonds is 10. The maximum atomic E-state index is 8.65. The lowest BCUT2D eigenvalue weighted by Gasteiger charge is -2.09. The van der Waals surface area contributed by atoms with Crippen molar-refractivity contribution in [3.63, 3.8) is 0 Å². The smallest absolute Gasteiger partial charge is 0.119 e. The van der Waals surface area contributed by atoms with Crippen LogP contribution in [0.2, 0.25) is 5.02 Å². The zero-order chi connectivity index (χ0) is 16.3. The van der Waals surface area contributed by atoms with Crippen molar-refractivity contribution in [1.29, 1.82) is 0 Å². The van der Waals surface area contributed by atoms with Crippen LogP contribution >= 0.6 is 36.4 Å². The second-order valence-corrected chi connectivity index (χ2v) is 5.65. The molecular weight excluding hydrogens is 383 g/mol. The molecule has 0 radical (unpaired) electrons. The monoisotopic (exact) mass is 406 g/mol. The first kappa shape index (κ1) is 24.0. The molecule has 0 bridgehead atoms. The Morgan fingerprint density at radius 3 is 2.04 bits per heavy atom. The van der Waals surface area contributed by atoms with Crippen molar-refractivity contribution in [3.8, 4) is 5.75 Å². The van der Waals surface area contributed by atoms with Gasteiger partial charge in [-0.2, -0.15) is 0 Å². The lowest BCUT2D eigenvalue weighted by molar-refractivity contribution is 0.292. The summed E-state index contributed by atoms with van der Waals surface area (Å²) >= 11 is 5.86. The fourth-order valence-electron chi connectivity index (χ4n) is 2.06. The van der Waals surface area contributed by atoms with Crippen molar-refractivity contribution < 1.29 is 9.84 Å². The maximum absolute atomic E-state index is 8.65. The highest BCUT2D eigenvalue weighted by Crippen LogP contribution is 2.15. The van der Waals surface area contributed by atoms with Gasteiger partial charge in [0.1, 0.15) is 12.4 Å². The summed E-state index contributed by atoms with van der Waals surface area (Å²) in [7, 11) is 0. The molecule has 2 aromatic carbocycles. The minimum atomic E-state index is 0.